The minimum Gasteiger partial charge on any atom is -0.320 e. The summed E-state index contributed by atoms with van der Waals surface area (Å²) in [6.45, 7) is 0. The van der Waals surface area contributed by atoms with Gasteiger partial charge in [-0.05, 0) is 25.0 Å². The number of amides is 2. The van der Waals surface area contributed by atoms with Gasteiger partial charge in [0.2, 0.25) is 0 Å². The Hall–Kier alpha value is -5.14. The van der Waals surface area contributed by atoms with E-state index in [0.717, 1.165) is 42.9 Å². The number of pyridine rings is 2. The number of alkyl halides is 3. The number of anilines is 3. The van der Waals surface area contributed by atoms with Crippen LogP contribution in [0.2, 0.25) is 0 Å². The van der Waals surface area contributed by atoms with Crippen LogP contribution in [0.15, 0.2) is 48.0 Å². The Morgan fingerprint density at radius 1 is 1.21 bits per heavy atom. The van der Waals surface area contributed by atoms with Crippen LogP contribution in [-0.2, 0) is 6.18 Å². The zero-order valence-electron chi connectivity index (χ0n) is 19.9. The van der Waals surface area contributed by atoms with Gasteiger partial charge in [-0.2, -0.15) is 23.4 Å². The molecule has 2 aliphatic rings. The number of nitrogens with zero attached hydrogens (tertiary/aromatic N) is 5. The second kappa shape index (κ2) is 9.01. The van der Waals surface area contributed by atoms with Gasteiger partial charge in [-0.15, -0.1) is 0 Å². The molecule has 2 amide bonds. The van der Waals surface area contributed by atoms with Gasteiger partial charge < -0.3 is 16.0 Å². The molecule has 1 aliphatic heterocycles. The first-order chi connectivity index (χ1) is 18.8. The van der Waals surface area contributed by atoms with Crippen LogP contribution < -0.4 is 16.1 Å². The van der Waals surface area contributed by atoms with E-state index in [9.17, 15) is 22.8 Å². The number of benzene rings is 1. The van der Waals surface area contributed by atoms with E-state index < -0.39 is 23.5 Å². The average Bonchev–Trinajstić information content (AvgIpc) is 3.57. The molecule has 0 bridgehead atoms. The molecule has 1 saturated carbocycles. The summed E-state index contributed by atoms with van der Waals surface area (Å²) in [6, 6.07) is 6.05. The lowest BCUT2D eigenvalue weighted by atomic mass is 10.1. The number of rotatable bonds is 7. The molecule has 1 aliphatic carbocycles. The molecular weight excluding hydrogens is 515 g/mol. The molecule has 11 nitrogen and oxygen atoms in total. The Morgan fingerprint density at radius 3 is 2.77 bits per heavy atom. The number of nitrogens with one attached hydrogen (secondary N) is 4. The van der Waals surface area contributed by atoms with Crippen molar-refractivity contribution in [1.82, 2.24) is 19.7 Å². The summed E-state index contributed by atoms with van der Waals surface area (Å²) >= 11 is 0. The molecule has 6 rings (SSSR count). The van der Waals surface area contributed by atoms with Crippen molar-refractivity contribution in [2.45, 2.75) is 24.9 Å². The smallest absolute Gasteiger partial charge is 0.320 e. The van der Waals surface area contributed by atoms with Crippen molar-refractivity contribution in [3.05, 3.63) is 65.2 Å². The zero-order valence-corrected chi connectivity index (χ0v) is 19.9. The van der Waals surface area contributed by atoms with Crippen LogP contribution in [-0.4, -0.2) is 44.0 Å². The second-order valence-corrected chi connectivity index (χ2v) is 8.93. The number of hydrogen-bond donors (Lipinski definition) is 4. The number of carbonyl (C=O) groups is 2. The Balaban J connectivity index is 1.36. The maximum Gasteiger partial charge on any atom is 0.420 e. The van der Waals surface area contributed by atoms with Crippen molar-refractivity contribution < 1.29 is 22.8 Å². The molecule has 0 radical (unpaired) electrons. The summed E-state index contributed by atoms with van der Waals surface area (Å²) in [4.78, 5) is 33.7. The monoisotopic (exact) mass is 533 g/mol. The van der Waals surface area contributed by atoms with Crippen LogP contribution in [0.3, 0.4) is 0 Å². The van der Waals surface area contributed by atoms with Gasteiger partial charge in [0.1, 0.15) is 11.4 Å². The molecule has 4 aromatic rings. The van der Waals surface area contributed by atoms with Crippen molar-refractivity contribution in [3.8, 4) is 5.69 Å². The Bertz CT molecular complexity index is 1710. The molecule has 4 heterocycles. The van der Waals surface area contributed by atoms with E-state index in [1.54, 1.807) is 23.0 Å². The summed E-state index contributed by atoms with van der Waals surface area (Å²) in [6.07, 6.45) is 2.63. The lowest BCUT2D eigenvalue weighted by Crippen LogP contribution is -2.16. The third-order valence-corrected chi connectivity index (χ3v) is 6.38. The van der Waals surface area contributed by atoms with E-state index in [1.165, 1.54) is 6.20 Å². The van der Waals surface area contributed by atoms with Crippen LogP contribution in [0.1, 0.15) is 50.7 Å². The molecule has 0 saturated heterocycles. The number of hydrogen-bond acceptors (Lipinski definition) is 8. The molecule has 0 unspecified atom stereocenters. The molecular formula is C25H18F3N9O2. The number of carbonyl (C=O) groups excluding carboxylic acids is 2. The van der Waals surface area contributed by atoms with E-state index in [4.69, 9.17) is 5.41 Å². The molecule has 39 heavy (non-hydrogen) atoms. The van der Waals surface area contributed by atoms with Crippen LogP contribution in [0, 0.1) is 5.41 Å². The van der Waals surface area contributed by atoms with Gasteiger partial charge in [-0.1, -0.05) is 12.1 Å². The second-order valence-electron chi connectivity index (χ2n) is 8.93. The van der Waals surface area contributed by atoms with Crippen LogP contribution in [0.25, 0.3) is 16.5 Å². The summed E-state index contributed by atoms with van der Waals surface area (Å²) in [7, 11) is 0. The maximum absolute atomic E-state index is 13.6. The maximum atomic E-state index is 13.6. The molecule has 4 N–H and O–H groups in total. The van der Waals surface area contributed by atoms with E-state index in [1.807, 2.05) is 6.07 Å². The van der Waals surface area contributed by atoms with Gasteiger partial charge in [0, 0.05) is 22.9 Å². The number of aromatic nitrogens is 4. The first-order valence-corrected chi connectivity index (χ1v) is 11.7. The standard InChI is InChI=1S/C25H18F3N9O2/c26-25(27,28)17-8-13(9-30-21(17)36-32-7-6-29)34-24(39)16-10-33-37(20(16)12-4-5-12)18-11-31-22-19-14(18)2-1-3-15(19)23(38)35-22/h1-3,6-12,29H,4-5H2,(H,30,36)(H,34,39)(H,31,35,38)/b29-6?,32-7-. The van der Waals surface area contributed by atoms with Crippen LogP contribution >= 0.6 is 0 Å². The molecule has 196 valence electrons. The van der Waals surface area contributed by atoms with Gasteiger partial charge in [-0.25, -0.2) is 14.6 Å². The fraction of sp³-hybridized carbons (Fsp3) is 0.160. The van der Waals surface area contributed by atoms with Gasteiger partial charge in [0.05, 0.1) is 53.0 Å². The van der Waals surface area contributed by atoms with Gasteiger partial charge in [0.25, 0.3) is 11.8 Å². The largest absolute Gasteiger partial charge is 0.420 e. The van der Waals surface area contributed by atoms with Crippen LogP contribution in [0.5, 0.6) is 0 Å². The quantitative estimate of drug-likeness (QED) is 0.202. The van der Waals surface area contributed by atoms with E-state index in [0.29, 0.717) is 28.1 Å². The van der Waals surface area contributed by atoms with Crippen molar-refractivity contribution >= 4 is 52.3 Å². The van der Waals surface area contributed by atoms with Gasteiger partial charge in [-0.3, -0.25) is 15.0 Å². The van der Waals surface area contributed by atoms with Gasteiger partial charge >= 0.3 is 6.18 Å². The van der Waals surface area contributed by atoms with Crippen molar-refractivity contribution in [3.63, 3.8) is 0 Å². The van der Waals surface area contributed by atoms with Gasteiger partial charge in [0.15, 0.2) is 5.82 Å². The highest BCUT2D eigenvalue weighted by Gasteiger charge is 2.36. The van der Waals surface area contributed by atoms with Crippen molar-refractivity contribution in [1.29, 1.82) is 5.41 Å². The fourth-order valence-corrected chi connectivity index (χ4v) is 4.56. The summed E-state index contributed by atoms with van der Waals surface area (Å²) in [5.74, 6) is -0.994. The third-order valence-electron chi connectivity index (χ3n) is 6.38. The normalized spacial score (nSPS) is 14.6. The fourth-order valence-electron chi connectivity index (χ4n) is 4.56. The molecule has 0 spiro atoms. The van der Waals surface area contributed by atoms with E-state index in [-0.39, 0.29) is 23.1 Å². The number of halogens is 3. The number of hydrazone groups is 1. The van der Waals surface area contributed by atoms with E-state index in [2.05, 4.69) is 36.2 Å². The average molecular weight is 533 g/mol. The topological polar surface area (TPSA) is 150 Å². The van der Waals surface area contributed by atoms with Crippen molar-refractivity contribution in [2.24, 2.45) is 5.10 Å². The highest BCUT2D eigenvalue weighted by Crippen LogP contribution is 2.44. The predicted octanol–water partition coefficient (Wildman–Crippen LogP) is 4.58. The summed E-state index contributed by atoms with van der Waals surface area (Å²) in [5, 5.41) is 21.4. The van der Waals surface area contributed by atoms with Crippen LogP contribution in [0.4, 0.5) is 30.5 Å². The molecule has 3 aromatic heterocycles. The predicted molar refractivity (Wildman–Crippen MR) is 137 cm³/mol. The highest BCUT2D eigenvalue weighted by molar-refractivity contribution is 6.24. The Morgan fingerprint density at radius 2 is 2.03 bits per heavy atom. The minimum atomic E-state index is -4.78. The Kier molecular flexibility index (Phi) is 5.59. The first kappa shape index (κ1) is 24.2. The molecule has 0 atom stereocenters. The minimum absolute atomic E-state index is 0.0261. The highest BCUT2D eigenvalue weighted by atomic mass is 19.4. The van der Waals surface area contributed by atoms with Crippen molar-refractivity contribution in [2.75, 3.05) is 16.1 Å². The molecule has 1 aromatic carbocycles. The first-order valence-electron chi connectivity index (χ1n) is 11.7. The Labute approximate surface area is 217 Å². The SMILES string of the molecule is N=C/C=N\Nc1ncc(NC(=O)c2cnn(-c3cnc4c5c(cccc35)C(=O)N4)c2C2CC2)cc1C(F)(F)F. The van der Waals surface area contributed by atoms with E-state index >= 15 is 0 Å². The molecule has 14 heteroatoms. The molecule has 1 fully saturated rings. The zero-order chi connectivity index (χ0) is 27.3. The summed E-state index contributed by atoms with van der Waals surface area (Å²) < 4.78 is 42.5. The lowest BCUT2D eigenvalue weighted by molar-refractivity contribution is -0.137. The summed E-state index contributed by atoms with van der Waals surface area (Å²) in [5.41, 5.74) is 2.73. The third kappa shape index (κ3) is 4.24. The lowest BCUT2D eigenvalue weighted by Gasteiger charge is -2.14.